The van der Waals surface area contributed by atoms with Crippen molar-refractivity contribution in [3.63, 3.8) is 0 Å². The van der Waals surface area contributed by atoms with Crippen LogP contribution in [-0.4, -0.2) is 45.2 Å². The molecule has 26 heavy (non-hydrogen) atoms. The van der Waals surface area contributed by atoms with Crippen molar-refractivity contribution in [1.29, 1.82) is 0 Å². The van der Waals surface area contributed by atoms with Crippen LogP contribution in [0.3, 0.4) is 0 Å². The number of benzene rings is 2. The van der Waals surface area contributed by atoms with Crippen LogP contribution in [0.4, 0.5) is 16.2 Å². The zero-order valence-electron chi connectivity index (χ0n) is 13.7. The van der Waals surface area contributed by atoms with Gasteiger partial charge in [-0.15, -0.1) is 5.10 Å². The fourth-order valence-electron chi connectivity index (χ4n) is 2.72. The summed E-state index contributed by atoms with van der Waals surface area (Å²) in [4.78, 5) is 25.8. The summed E-state index contributed by atoms with van der Waals surface area (Å²) in [5.74, 6) is -0.240. The number of rotatable bonds is 4. The van der Waals surface area contributed by atoms with E-state index < -0.39 is 0 Å². The second-order valence-electron chi connectivity index (χ2n) is 5.69. The molecule has 0 saturated carbocycles. The van der Waals surface area contributed by atoms with Crippen molar-refractivity contribution in [3.05, 3.63) is 60.4 Å². The second kappa shape index (κ2) is 6.63. The number of tetrazole rings is 1. The van der Waals surface area contributed by atoms with Crippen LogP contribution in [0.5, 0.6) is 0 Å². The molecule has 1 aromatic heterocycles. The van der Waals surface area contributed by atoms with Gasteiger partial charge in [-0.25, -0.2) is 9.48 Å². The van der Waals surface area contributed by atoms with Crippen molar-refractivity contribution < 1.29 is 9.59 Å². The summed E-state index contributed by atoms with van der Waals surface area (Å²) in [5, 5.41) is 16.6. The predicted octanol–water partition coefficient (Wildman–Crippen LogP) is 1.44. The average Bonchev–Trinajstić information content (AvgIpc) is 3.34. The number of hydrogen-bond donors (Lipinski definition) is 2. The Balaban J connectivity index is 1.48. The van der Waals surface area contributed by atoms with Crippen LogP contribution in [0.1, 0.15) is 10.4 Å². The summed E-state index contributed by atoms with van der Waals surface area (Å²) in [6.45, 7) is 1.24. The minimum atomic E-state index is -0.240. The molecule has 0 bridgehead atoms. The van der Waals surface area contributed by atoms with Crippen molar-refractivity contribution in [3.8, 4) is 5.69 Å². The van der Waals surface area contributed by atoms with Crippen LogP contribution in [-0.2, 0) is 0 Å². The topological polar surface area (TPSA) is 105 Å². The molecule has 0 atom stereocenters. The van der Waals surface area contributed by atoms with Crippen LogP contribution in [0.15, 0.2) is 54.9 Å². The molecule has 9 nitrogen and oxygen atoms in total. The number of amides is 3. The molecule has 2 N–H and O–H groups in total. The molecule has 2 heterocycles. The van der Waals surface area contributed by atoms with E-state index in [0.29, 0.717) is 24.3 Å². The van der Waals surface area contributed by atoms with Gasteiger partial charge in [0.2, 0.25) is 0 Å². The molecule has 3 aromatic rings. The molecule has 9 heteroatoms. The first kappa shape index (κ1) is 15.8. The Kier molecular flexibility index (Phi) is 4.02. The second-order valence-corrected chi connectivity index (χ2v) is 5.69. The quantitative estimate of drug-likeness (QED) is 0.742. The molecule has 0 unspecified atom stereocenters. The standard InChI is InChI=1S/C17H15N7O2/c25-16(12-4-6-14(7-5-12)23-9-8-18-17(23)26)20-13-2-1-3-15(10-13)24-11-19-21-22-24/h1-7,10-11H,8-9H2,(H,18,26)(H,20,25). The van der Waals surface area contributed by atoms with Crippen LogP contribution in [0.2, 0.25) is 0 Å². The van der Waals surface area contributed by atoms with E-state index in [9.17, 15) is 9.59 Å². The highest BCUT2D eigenvalue weighted by molar-refractivity contribution is 6.05. The predicted molar refractivity (Wildman–Crippen MR) is 94.3 cm³/mol. The maximum Gasteiger partial charge on any atom is 0.321 e. The third-order valence-corrected chi connectivity index (χ3v) is 4.02. The van der Waals surface area contributed by atoms with Crippen LogP contribution in [0.25, 0.3) is 5.69 Å². The summed E-state index contributed by atoms with van der Waals surface area (Å²) in [6.07, 6.45) is 1.48. The molecule has 0 aliphatic carbocycles. The Morgan fingerprint density at radius 3 is 2.65 bits per heavy atom. The van der Waals surface area contributed by atoms with Crippen molar-refractivity contribution >= 4 is 23.3 Å². The van der Waals surface area contributed by atoms with Crippen LogP contribution in [0, 0.1) is 0 Å². The van der Waals surface area contributed by atoms with Crippen molar-refractivity contribution in [2.24, 2.45) is 0 Å². The summed E-state index contributed by atoms with van der Waals surface area (Å²) in [6, 6.07) is 14.0. The van der Waals surface area contributed by atoms with Gasteiger partial charge >= 0.3 is 6.03 Å². The summed E-state index contributed by atoms with van der Waals surface area (Å²) < 4.78 is 1.51. The van der Waals surface area contributed by atoms with Gasteiger partial charge in [0.1, 0.15) is 6.33 Å². The Hall–Kier alpha value is -3.75. The van der Waals surface area contributed by atoms with E-state index in [1.165, 1.54) is 11.0 Å². The highest BCUT2D eigenvalue weighted by atomic mass is 16.2. The minimum Gasteiger partial charge on any atom is -0.336 e. The minimum absolute atomic E-state index is 0.124. The molecule has 130 valence electrons. The molecule has 0 radical (unpaired) electrons. The number of carbonyl (C=O) groups excluding carboxylic acids is 2. The SMILES string of the molecule is O=C(Nc1cccc(-n2cnnn2)c1)c1ccc(N2CCNC2=O)cc1. The first-order valence-corrected chi connectivity index (χ1v) is 8.01. The Morgan fingerprint density at radius 1 is 1.12 bits per heavy atom. The number of carbonyl (C=O) groups is 2. The number of hydrogen-bond acceptors (Lipinski definition) is 5. The highest BCUT2D eigenvalue weighted by Crippen LogP contribution is 2.19. The number of anilines is 2. The lowest BCUT2D eigenvalue weighted by molar-refractivity contribution is 0.102. The van der Waals surface area contributed by atoms with E-state index in [4.69, 9.17) is 0 Å². The third-order valence-electron chi connectivity index (χ3n) is 4.02. The summed E-state index contributed by atoms with van der Waals surface area (Å²) >= 11 is 0. The van der Waals surface area contributed by atoms with Crippen molar-refractivity contribution in [2.75, 3.05) is 23.3 Å². The highest BCUT2D eigenvalue weighted by Gasteiger charge is 2.21. The normalized spacial score (nSPS) is 13.5. The molecule has 2 aromatic carbocycles. The summed E-state index contributed by atoms with van der Waals surface area (Å²) in [7, 11) is 0. The number of nitrogens with one attached hydrogen (secondary N) is 2. The molecule has 4 rings (SSSR count). The lowest BCUT2D eigenvalue weighted by Crippen LogP contribution is -2.27. The first-order valence-electron chi connectivity index (χ1n) is 8.01. The van der Waals surface area contributed by atoms with E-state index in [-0.39, 0.29) is 11.9 Å². The lowest BCUT2D eigenvalue weighted by Gasteiger charge is -2.14. The van der Waals surface area contributed by atoms with Gasteiger partial charge in [-0.05, 0) is 52.9 Å². The van der Waals surface area contributed by atoms with Crippen molar-refractivity contribution in [1.82, 2.24) is 25.5 Å². The molecule has 1 aliphatic rings. The van der Waals surface area contributed by atoms with Gasteiger partial charge in [0.05, 0.1) is 5.69 Å². The van der Waals surface area contributed by atoms with Crippen LogP contribution >= 0.6 is 0 Å². The number of nitrogens with zero attached hydrogens (tertiary/aromatic N) is 5. The molecule has 1 aliphatic heterocycles. The van der Waals surface area contributed by atoms with Crippen LogP contribution < -0.4 is 15.5 Å². The van der Waals surface area contributed by atoms with E-state index >= 15 is 0 Å². The third kappa shape index (κ3) is 3.09. The first-order chi connectivity index (χ1) is 12.7. The molecule has 3 amide bonds. The molecule has 0 spiro atoms. The smallest absolute Gasteiger partial charge is 0.321 e. The van der Waals surface area contributed by atoms with Gasteiger partial charge in [-0.2, -0.15) is 0 Å². The molecule has 1 fully saturated rings. The van der Waals surface area contributed by atoms with Gasteiger partial charge in [0, 0.05) is 30.0 Å². The maximum absolute atomic E-state index is 12.5. The van der Waals surface area contributed by atoms with Gasteiger partial charge in [-0.3, -0.25) is 9.69 Å². The Morgan fingerprint density at radius 2 is 1.96 bits per heavy atom. The van der Waals surface area contributed by atoms with E-state index in [1.807, 2.05) is 12.1 Å². The number of urea groups is 1. The average molecular weight is 349 g/mol. The van der Waals surface area contributed by atoms with E-state index in [1.54, 1.807) is 41.3 Å². The van der Waals surface area contributed by atoms with Crippen molar-refractivity contribution in [2.45, 2.75) is 0 Å². The van der Waals surface area contributed by atoms with Gasteiger partial charge in [0.15, 0.2) is 0 Å². The van der Waals surface area contributed by atoms with Gasteiger partial charge < -0.3 is 10.6 Å². The lowest BCUT2D eigenvalue weighted by atomic mass is 10.1. The fourth-order valence-corrected chi connectivity index (χ4v) is 2.72. The molecule has 1 saturated heterocycles. The maximum atomic E-state index is 12.5. The monoisotopic (exact) mass is 349 g/mol. The largest absolute Gasteiger partial charge is 0.336 e. The zero-order valence-corrected chi connectivity index (χ0v) is 13.7. The van der Waals surface area contributed by atoms with E-state index in [0.717, 1.165) is 11.4 Å². The zero-order chi connectivity index (χ0) is 17.9. The molecular weight excluding hydrogens is 334 g/mol. The Bertz CT molecular complexity index is 938. The fraction of sp³-hybridized carbons (Fsp3) is 0.118. The summed E-state index contributed by atoms with van der Waals surface area (Å²) in [5.41, 5.74) is 2.63. The Labute approximate surface area is 148 Å². The van der Waals surface area contributed by atoms with Gasteiger partial charge in [-0.1, -0.05) is 6.07 Å². The number of aromatic nitrogens is 4. The van der Waals surface area contributed by atoms with Gasteiger partial charge in [0.25, 0.3) is 5.91 Å². The van der Waals surface area contributed by atoms with E-state index in [2.05, 4.69) is 26.2 Å². The molecular formula is C17H15N7O2.